The third kappa shape index (κ3) is 4.01. The first-order chi connectivity index (χ1) is 7.27. The average molecular weight is 211 g/mol. The minimum atomic E-state index is 0.549. The summed E-state index contributed by atoms with van der Waals surface area (Å²) in [5, 5.41) is 3.41. The van der Waals surface area contributed by atoms with Crippen LogP contribution >= 0.6 is 0 Å². The fraction of sp³-hybridized carbons (Fsp3) is 0.727. The SMILES string of the molecule is CCn1cncc1CNCC(C)COC. The van der Waals surface area contributed by atoms with Crippen LogP contribution in [-0.4, -0.2) is 29.8 Å². The second-order valence-corrected chi connectivity index (χ2v) is 3.86. The number of aryl methyl sites for hydroxylation is 1. The molecule has 1 rings (SSSR count). The highest BCUT2D eigenvalue weighted by Crippen LogP contribution is 1.99. The fourth-order valence-corrected chi connectivity index (χ4v) is 1.57. The van der Waals surface area contributed by atoms with Crippen LogP contribution in [-0.2, 0) is 17.8 Å². The molecule has 0 saturated carbocycles. The van der Waals surface area contributed by atoms with Gasteiger partial charge in [0, 0.05) is 39.5 Å². The van der Waals surface area contributed by atoms with Crippen molar-refractivity contribution in [3.63, 3.8) is 0 Å². The van der Waals surface area contributed by atoms with Crippen LogP contribution in [0.2, 0.25) is 0 Å². The van der Waals surface area contributed by atoms with Gasteiger partial charge in [0.05, 0.1) is 12.0 Å². The number of hydrogen-bond acceptors (Lipinski definition) is 3. The predicted molar refractivity (Wildman–Crippen MR) is 60.6 cm³/mol. The maximum absolute atomic E-state index is 5.08. The molecule has 4 heteroatoms. The number of rotatable bonds is 7. The minimum absolute atomic E-state index is 0.549. The Labute approximate surface area is 91.7 Å². The summed E-state index contributed by atoms with van der Waals surface area (Å²) in [7, 11) is 1.74. The largest absolute Gasteiger partial charge is 0.384 e. The van der Waals surface area contributed by atoms with Crippen molar-refractivity contribution in [1.82, 2.24) is 14.9 Å². The van der Waals surface area contributed by atoms with Crippen molar-refractivity contribution in [3.8, 4) is 0 Å². The second-order valence-electron chi connectivity index (χ2n) is 3.86. The van der Waals surface area contributed by atoms with Crippen LogP contribution in [0.1, 0.15) is 19.5 Å². The molecule has 0 radical (unpaired) electrons. The summed E-state index contributed by atoms with van der Waals surface area (Å²) in [6.07, 6.45) is 3.78. The van der Waals surface area contributed by atoms with Gasteiger partial charge in [-0.05, 0) is 12.8 Å². The van der Waals surface area contributed by atoms with Crippen LogP contribution in [0.3, 0.4) is 0 Å². The molecule has 4 nitrogen and oxygen atoms in total. The van der Waals surface area contributed by atoms with Gasteiger partial charge in [0.2, 0.25) is 0 Å². The van der Waals surface area contributed by atoms with Crippen molar-refractivity contribution in [1.29, 1.82) is 0 Å². The van der Waals surface area contributed by atoms with E-state index in [0.717, 1.165) is 26.2 Å². The zero-order chi connectivity index (χ0) is 11.1. The molecule has 0 aliphatic heterocycles. The number of hydrogen-bond donors (Lipinski definition) is 1. The van der Waals surface area contributed by atoms with Gasteiger partial charge < -0.3 is 14.6 Å². The van der Waals surface area contributed by atoms with Crippen LogP contribution in [0.5, 0.6) is 0 Å². The van der Waals surface area contributed by atoms with Crippen molar-refractivity contribution in [2.24, 2.45) is 5.92 Å². The zero-order valence-corrected chi connectivity index (χ0v) is 9.86. The van der Waals surface area contributed by atoms with Crippen molar-refractivity contribution in [2.75, 3.05) is 20.3 Å². The Morgan fingerprint density at radius 1 is 1.60 bits per heavy atom. The number of nitrogens with zero attached hydrogens (tertiary/aromatic N) is 2. The van der Waals surface area contributed by atoms with Gasteiger partial charge in [-0.3, -0.25) is 0 Å². The van der Waals surface area contributed by atoms with Gasteiger partial charge in [-0.15, -0.1) is 0 Å². The van der Waals surface area contributed by atoms with Gasteiger partial charge in [-0.1, -0.05) is 6.92 Å². The number of nitrogens with one attached hydrogen (secondary N) is 1. The average Bonchev–Trinajstić information content (AvgIpc) is 2.66. The molecule has 1 unspecified atom stereocenters. The van der Waals surface area contributed by atoms with E-state index >= 15 is 0 Å². The molecule has 1 atom stereocenters. The summed E-state index contributed by atoms with van der Waals surface area (Å²) in [4.78, 5) is 4.13. The number of imidazole rings is 1. The second kappa shape index (κ2) is 6.58. The van der Waals surface area contributed by atoms with Crippen LogP contribution in [0, 0.1) is 5.92 Å². The lowest BCUT2D eigenvalue weighted by Crippen LogP contribution is -2.24. The summed E-state index contributed by atoms with van der Waals surface area (Å²) in [6, 6.07) is 0. The van der Waals surface area contributed by atoms with Gasteiger partial charge in [0.25, 0.3) is 0 Å². The van der Waals surface area contributed by atoms with Crippen LogP contribution in [0.25, 0.3) is 0 Å². The molecule has 1 heterocycles. The monoisotopic (exact) mass is 211 g/mol. The summed E-state index contributed by atoms with van der Waals surface area (Å²) >= 11 is 0. The van der Waals surface area contributed by atoms with E-state index < -0.39 is 0 Å². The van der Waals surface area contributed by atoms with E-state index in [9.17, 15) is 0 Å². The standard InChI is InChI=1S/C11H21N3O/c1-4-14-9-13-7-11(14)6-12-5-10(2)8-15-3/h7,9-10,12H,4-6,8H2,1-3H3. The molecule has 0 saturated heterocycles. The van der Waals surface area contributed by atoms with Gasteiger partial charge in [0.15, 0.2) is 0 Å². The normalized spacial score (nSPS) is 13.0. The first-order valence-corrected chi connectivity index (χ1v) is 5.46. The smallest absolute Gasteiger partial charge is 0.0948 e. The molecule has 0 aliphatic rings. The zero-order valence-electron chi connectivity index (χ0n) is 9.86. The number of aromatic nitrogens is 2. The Morgan fingerprint density at radius 3 is 3.07 bits per heavy atom. The highest BCUT2D eigenvalue weighted by atomic mass is 16.5. The lowest BCUT2D eigenvalue weighted by Gasteiger charge is -2.11. The minimum Gasteiger partial charge on any atom is -0.384 e. The van der Waals surface area contributed by atoms with Crippen LogP contribution in [0.4, 0.5) is 0 Å². The molecule has 0 aromatic carbocycles. The maximum Gasteiger partial charge on any atom is 0.0948 e. The Kier molecular flexibility index (Phi) is 5.36. The highest BCUT2D eigenvalue weighted by Gasteiger charge is 2.02. The first-order valence-electron chi connectivity index (χ1n) is 5.46. The third-order valence-electron chi connectivity index (χ3n) is 2.39. The predicted octanol–water partition coefficient (Wildman–Crippen LogP) is 1.28. The van der Waals surface area contributed by atoms with E-state index in [1.165, 1.54) is 5.69 Å². The molecule has 0 amide bonds. The topological polar surface area (TPSA) is 39.1 Å². The highest BCUT2D eigenvalue weighted by molar-refractivity contribution is 4.97. The molecule has 1 N–H and O–H groups in total. The van der Waals surface area contributed by atoms with E-state index in [4.69, 9.17) is 4.74 Å². The third-order valence-corrected chi connectivity index (χ3v) is 2.39. The van der Waals surface area contributed by atoms with Gasteiger partial charge in [-0.2, -0.15) is 0 Å². The summed E-state index contributed by atoms with van der Waals surface area (Å²) in [5.74, 6) is 0.549. The Hall–Kier alpha value is -0.870. The molecule has 15 heavy (non-hydrogen) atoms. The molecule has 0 aliphatic carbocycles. The molecule has 0 fully saturated rings. The van der Waals surface area contributed by atoms with Crippen molar-refractivity contribution in [2.45, 2.75) is 26.9 Å². The summed E-state index contributed by atoms with van der Waals surface area (Å²) in [5.41, 5.74) is 1.24. The van der Waals surface area contributed by atoms with E-state index in [2.05, 4.69) is 28.7 Å². The van der Waals surface area contributed by atoms with Gasteiger partial charge in [-0.25, -0.2) is 4.98 Å². The lowest BCUT2D eigenvalue weighted by atomic mass is 10.2. The molecular formula is C11H21N3O. The molecule has 1 aromatic heterocycles. The maximum atomic E-state index is 5.08. The lowest BCUT2D eigenvalue weighted by molar-refractivity contribution is 0.158. The van der Waals surface area contributed by atoms with Crippen molar-refractivity contribution >= 4 is 0 Å². The fourth-order valence-electron chi connectivity index (χ4n) is 1.57. The molecule has 1 aromatic rings. The Morgan fingerprint density at radius 2 is 2.40 bits per heavy atom. The van der Waals surface area contributed by atoms with Crippen LogP contribution in [0.15, 0.2) is 12.5 Å². The van der Waals surface area contributed by atoms with Crippen molar-refractivity contribution in [3.05, 3.63) is 18.2 Å². The van der Waals surface area contributed by atoms with E-state index in [0.29, 0.717) is 5.92 Å². The van der Waals surface area contributed by atoms with E-state index in [1.54, 1.807) is 7.11 Å². The van der Waals surface area contributed by atoms with Gasteiger partial charge >= 0.3 is 0 Å². The molecule has 0 spiro atoms. The van der Waals surface area contributed by atoms with E-state index in [-0.39, 0.29) is 0 Å². The molecule has 86 valence electrons. The van der Waals surface area contributed by atoms with Crippen molar-refractivity contribution < 1.29 is 4.74 Å². The van der Waals surface area contributed by atoms with Gasteiger partial charge in [0.1, 0.15) is 0 Å². The van der Waals surface area contributed by atoms with E-state index in [1.807, 2.05) is 12.5 Å². The Balaban J connectivity index is 2.25. The Bertz CT molecular complexity index is 273. The summed E-state index contributed by atoms with van der Waals surface area (Å²) in [6.45, 7) is 7.93. The number of methoxy groups -OCH3 is 1. The molecule has 0 bridgehead atoms. The van der Waals surface area contributed by atoms with Crippen LogP contribution < -0.4 is 5.32 Å². The summed E-state index contributed by atoms with van der Waals surface area (Å²) < 4.78 is 7.23. The first kappa shape index (κ1) is 12.2. The number of ether oxygens (including phenoxy) is 1. The quantitative estimate of drug-likeness (QED) is 0.738. The molecular weight excluding hydrogens is 190 g/mol.